The van der Waals surface area contributed by atoms with Crippen LogP contribution in [0.15, 0.2) is 23.7 Å². The van der Waals surface area contributed by atoms with E-state index in [2.05, 4.69) is 21.7 Å². The van der Waals surface area contributed by atoms with Crippen LogP contribution in [-0.4, -0.2) is 34.2 Å². The highest BCUT2D eigenvalue weighted by atomic mass is 32.2. The topological polar surface area (TPSA) is 45.1 Å². The summed E-state index contributed by atoms with van der Waals surface area (Å²) in [6.07, 6.45) is 3.79. The molecule has 0 aromatic carbocycles. The Labute approximate surface area is 109 Å². The van der Waals surface area contributed by atoms with Gasteiger partial charge < -0.3 is 10.4 Å². The summed E-state index contributed by atoms with van der Waals surface area (Å²) in [4.78, 5) is 4.32. The molecule has 3 nitrogen and oxygen atoms in total. The standard InChI is InChI=1S/C12H16N2OS2/c1-12(15,8-16-2)7-14-11-9-4-6-17-10(9)3-5-13-11/h3-6,15H,7-8H2,1-2H3,(H,13,14). The minimum Gasteiger partial charge on any atom is -0.387 e. The highest BCUT2D eigenvalue weighted by Gasteiger charge is 2.19. The van der Waals surface area contributed by atoms with Crippen LogP contribution in [0.3, 0.4) is 0 Å². The summed E-state index contributed by atoms with van der Waals surface area (Å²) >= 11 is 3.34. The van der Waals surface area contributed by atoms with Gasteiger partial charge in [0, 0.05) is 28.6 Å². The van der Waals surface area contributed by atoms with Gasteiger partial charge in [0.2, 0.25) is 0 Å². The summed E-state index contributed by atoms with van der Waals surface area (Å²) in [5.74, 6) is 1.56. The Bertz CT molecular complexity index is 496. The van der Waals surface area contributed by atoms with Crippen LogP contribution in [0.4, 0.5) is 5.82 Å². The van der Waals surface area contributed by atoms with Crippen molar-refractivity contribution in [3.05, 3.63) is 23.7 Å². The maximum absolute atomic E-state index is 10.1. The molecule has 2 heterocycles. The van der Waals surface area contributed by atoms with Gasteiger partial charge in [-0.1, -0.05) is 0 Å². The van der Waals surface area contributed by atoms with Crippen LogP contribution in [0.2, 0.25) is 0 Å². The van der Waals surface area contributed by atoms with E-state index in [1.54, 1.807) is 29.3 Å². The summed E-state index contributed by atoms with van der Waals surface area (Å²) in [7, 11) is 0. The first kappa shape index (κ1) is 12.7. The Kier molecular flexibility index (Phi) is 3.91. The quantitative estimate of drug-likeness (QED) is 0.875. The lowest BCUT2D eigenvalue weighted by molar-refractivity contribution is 0.0997. The Morgan fingerprint density at radius 3 is 3.12 bits per heavy atom. The number of rotatable bonds is 5. The molecule has 0 saturated heterocycles. The van der Waals surface area contributed by atoms with Crippen molar-refractivity contribution in [2.45, 2.75) is 12.5 Å². The van der Waals surface area contributed by atoms with Gasteiger partial charge in [0.15, 0.2) is 0 Å². The number of aromatic nitrogens is 1. The minimum absolute atomic E-state index is 0.510. The number of hydrogen-bond acceptors (Lipinski definition) is 5. The fraction of sp³-hybridized carbons (Fsp3) is 0.417. The molecule has 1 unspecified atom stereocenters. The molecule has 0 aliphatic carbocycles. The van der Waals surface area contributed by atoms with Crippen LogP contribution in [0.5, 0.6) is 0 Å². The van der Waals surface area contributed by atoms with E-state index in [1.807, 2.05) is 19.2 Å². The Morgan fingerprint density at radius 2 is 2.35 bits per heavy atom. The highest BCUT2D eigenvalue weighted by molar-refractivity contribution is 7.98. The van der Waals surface area contributed by atoms with Crippen LogP contribution < -0.4 is 5.32 Å². The van der Waals surface area contributed by atoms with Gasteiger partial charge in [-0.3, -0.25) is 0 Å². The fourth-order valence-electron chi connectivity index (χ4n) is 1.67. The van der Waals surface area contributed by atoms with Crippen molar-refractivity contribution in [2.75, 3.05) is 23.9 Å². The first-order valence-electron chi connectivity index (χ1n) is 5.40. The number of aliphatic hydroxyl groups is 1. The molecule has 2 N–H and O–H groups in total. The van der Waals surface area contributed by atoms with E-state index < -0.39 is 5.60 Å². The molecule has 0 saturated carbocycles. The van der Waals surface area contributed by atoms with Crippen LogP contribution >= 0.6 is 23.1 Å². The van der Waals surface area contributed by atoms with Crippen molar-refractivity contribution in [1.29, 1.82) is 0 Å². The van der Waals surface area contributed by atoms with E-state index in [-0.39, 0.29) is 0 Å². The van der Waals surface area contributed by atoms with E-state index in [0.29, 0.717) is 12.3 Å². The number of thioether (sulfide) groups is 1. The number of hydrogen-bond donors (Lipinski definition) is 2. The van der Waals surface area contributed by atoms with Gasteiger partial charge in [0.05, 0.1) is 5.60 Å². The number of nitrogens with one attached hydrogen (secondary N) is 1. The minimum atomic E-state index is -0.709. The molecule has 2 rings (SSSR count). The molecule has 92 valence electrons. The van der Waals surface area contributed by atoms with Crippen LogP contribution in [-0.2, 0) is 0 Å². The first-order chi connectivity index (χ1) is 8.12. The predicted molar refractivity (Wildman–Crippen MR) is 77.1 cm³/mol. The molecule has 0 aliphatic rings. The Morgan fingerprint density at radius 1 is 1.53 bits per heavy atom. The van der Waals surface area contributed by atoms with E-state index >= 15 is 0 Å². The molecule has 0 bridgehead atoms. The zero-order valence-corrected chi connectivity index (χ0v) is 11.6. The van der Waals surface area contributed by atoms with Crippen molar-refractivity contribution in [3.8, 4) is 0 Å². The summed E-state index contributed by atoms with van der Waals surface area (Å²) < 4.78 is 1.21. The van der Waals surface area contributed by atoms with Crippen LogP contribution in [0.25, 0.3) is 10.1 Å². The normalized spacial score (nSPS) is 14.8. The molecule has 1 atom stereocenters. The van der Waals surface area contributed by atoms with E-state index in [1.165, 1.54) is 4.70 Å². The average molecular weight is 268 g/mol. The van der Waals surface area contributed by atoms with Gasteiger partial charge in [-0.2, -0.15) is 11.8 Å². The predicted octanol–water partition coefficient (Wildman–Crippen LogP) is 2.82. The van der Waals surface area contributed by atoms with Crippen molar-refractivity contribution in [2.24, 2.45) is 0 Å². The van der Waals surface area contributed by atoms with Gasteiger partial charge in [0.25, 0.3) is 0 Å². The molecule has 2 aromatic rings. The second kappa shape index (κ2) is 5.25. The number of fused-ring (bicyclic) bond motifs is 1. The molecule has 0 spiro atoms. The summed E-state index contributed by atoms with van der Waals surface area (Å²) in [6, 6.07) is 4.06. The molecule has 0 aliphatic heterocycles. The summed E-state index contributed by atoms with van der Waals surface area (Å²) in [5, 5.41) is 16.5. The van der Waals surface area contributed by atoms with Crippen molar-refractivity contribution in [3.63, 3.8) is 0 Å². The molecular formula is C12H16N2OS2. The second-order valence-electron chi connectivity index (χ2n) is 4.28. The molecule has 2 aromatic heterocycles. The first-order valence-corrected chi connectivity index (χ1v) is 7.67. The molecule has 17 heavy (non-hydrogen) atoms. The van der Waals surface area contributed by atoms with Crippen molar-refractivity contribution in [1.82, 2.24) is 4.98 Å². The third kappa shape index (κ3) is 3.12. The fourth-order valence-corrected chi connectivity index (χ4v) is 3.18. The molecule has 5 heteroatoms. The van der Waals surface area contributed by atoms with E-state index in [0.717, 1.165) is 11.2 Å². The molecule has 0 radical (unpaired) electrons. The molecule has 0 fully saturated rings. The summed E-state index contributed by atoms with van der Waals surface area (Å²) in [5.41, 5.74) is -0.709. The largest absolute Gasteiger partial charge is 0.387 e. The maximum atomic E-state index is 10.1. The summed E-state index contributed by atoms with van der Waals surface area (Å²) in [6.45, 7) is 2.35. The van der Waals surface area contributed by atoms with Crippen LogP contribution in [0.1, 0.15) is 6.92 Å². The van der Waals surface area contributed by atoms with Crippen molar-refractivity contribution >= 4 is 39.0 Å². The zero-order chi connectivity index (χ0) is 12.3. The maximum Gasteiger partial charge on any atom is 0.134 e. The zero-order valence-electron chi connectivity index (χ0n) is 9.93. The lowest BCUT2D eigenvalue weighted by Gasteiger charge is -2.22. The van der Waals surface area contributed by atoms with Gasteiger partial charge in [-0.15, -0.1) is 11.3 Å². The van der Waals surface area contributed by atoms with Gasteiger partial charge in [0.1, 0.15) is 5.82 Å². The van der Waals surface area contributed by atoms with Crippen molar-refractivity contribution < 1.29 is 5.11 Å². The third-order valence-electron chi connectivity index (χ3n) is 2.47. The average Bonchev–Trinajstić information content (AvgIpc) is 2.74. The van der Waals surface area contributed by atoms with Gasteiger partial charge >= 0.3 is 0 Å². The Hall–Kier alpha value is -0.780. The lowest BCUT2D eigenvalue weighted by atomic mass is 10.1. The van der Waals surface area contributed by atoms with Crippen LogP contribution in [0, 0.1) is 0 Å². The van der Waals surface area contributed by atoms with Gasteiger partial charge in [-0.25, -0.2) is 4.98 Å². The molecular weight excluding hydrogens is 252 g/mol. The smallest absolute Gasteiger partial charge is 0.134 e. The third-order valence-corrected chi connectivity index (χ3v) is 4.26. The number of nitrogens with zero attached hydrogens (tertiary/aromatic N) is 1. The number of thiophene rings is 1. The lowest BCUT2D eigenvalue weighted by Crippen LogP contribution is -2.36. The SMILES string of the molecule is CSCC(C)(O)CNc1nccc2sccc12. The highest BCUT2D eigenvalue weighted by Crippen LogP contribution is 2.26. The monoisotopic (exact) mass is 268 g/mol. The number of anilines is 1. The second-order valence-corrected chi connectivity index (χ2v) is 6.09. The Balaban J connectivity index is 2.11. The van der Waals surface area contributed by atoms with E-state index in [4.69, 9.17) is 0 Å². The number of pyridine rings is 1. The molecule has 0 amide bonds. The van der Waals surface area contributed by atoms with E-state index in [9.17, 15) is 5.11 Å². The van der Waals surface area contributed by atoms with Gasteiger partial charge in [-0.05, 0) is 30.7 Å².